The van der Waals surface area contributed by atoms with Gasteiger partial charge < -0.3 is 25.7 Å². The highest BCUT2D eigenvalue weighted by molar-refractivity contribution is 9.10. The Hall–Kier alpha value is -4.14. The van der Waals surface area contributed by atoms with Crippen LogP contribution < -0.4 is 20.7 Å². The van der Waals surface area contributed by atoms with Crippen LogP contribution in [0.15, 0.2) is 95.7 Å². The molecule has 2 aromatic heterocycles. The van der Waals surface area contributed by atoms with Gasteiger partial charge in [0.05, 0.1) is 4.47 Å². The summed E-state index contributed by atoms with van der Waals surface area (Å²) in [6, 6.07) is 24.1. The van der Waals surface area contributed by atoms with Crippen molar-refractivity contribution in [3.63, 3.8) is 0 Å². The summed E-state index contributed by atoms with van der Waals surface area (Å²) in [5, 5.41) is 11.3. The van der Waals surface area contributed by atoms with Gasteiger partial charge in [0.15, 0.2) is 0 Å². The molecule has 0 saturated heterocycles. The van der Waals surface area contributed by atoms with E-state index in [1.165, 1.54) is 16.5 Å². The number of benzene rings is 3. The first-order valence-electron chi connectivity index (χ1n) is 12.6. The van der Waals surface area contributed by atoms with Crippen molar-refractivity contribution in [3.05, 3.63) is 107 Å². The van der Waals surface area contributed by atoms with Gasteiger partial charge >= 0.3 is 0 Å². The summed E-state index contributed by atoms with van der Waals surface area (Å²) in [7, 11) is 0. The van der Waals surface area contributed by atoms with E-state index in [1.54, 1.807) is 6.20 Å². The molecule has 1 aliphatic rings. The average Bonchev–Trinajstić information content (AvgIpc) is 3.38. The lowest BCUT2D eigenvalue weighted by atomic mass is 9.99. The summed E-state index contributed by atoms with van der Waals surface area (Å²) in [5.74, 6) is 2.86. The lowest BCUT2D eigenvalue weighted by Gasteiger charge is -2.14. The Labute approximate surface area is 229 Å². The van der Waals surface area contributed by atoms with Gasteiger partial charge in [-0.15, -0.1) is 0 Å². The quantitative estimate of drug-likeness (QED) is 0.158. The van der Waals surface area contributed by atoms with Crippen LogP contribution in [0, 0.1) is 0 Å². The number of rotatable bonds is 8. The van der Waals surface area contributed by atoms with E-state index < -0.39 is 0 Å². The van der Waals surface area contributed by atoms with Crippen LogP contribution in [0.5, 0.6) is 11.5 Å². The molecule has 38 heavy (non-hydrogen) atoms. The van der Waals surface area contributed by atoms with Gasteiger partial charge in [0.2, 0.25) is 5.95 Å². The van der Waals surface area contributed by atoms with Crippen LogP contribution >= 0.6 is 15.9 Å². The van der Waals surface area contributed by atoms with Crippen LogP contribution in [0.25, 0.3) is 16.5 Å². The summed E-state index contributed by atoms with van der Waals surface area (Å²) >= 11 is 3.57. The Morgan fingerprint density at radius 3 is 2.63 bits per heavy atom. The predicted molar refractivity (Wildman–Crippen MR) is 157 cm³/mol. The Balaban J connectivity index is 1.14. The first-order chi connectivity index (χ1) is 18.7. The first kappa shape index (κ1) is 24.2. The Bertz CT molecular complexity index is 1580. The molecule has 5 aromatic rings. The number of hydrogen-bond donors (Lipinski definition) is 4. The van der Waals surface area contributed by atoms with Crippen LogP contribution in [-0.2, 0) is 6.54 Å². The molecule has 0 unspecified atom stereocenters. The van der Waals surface area contributed by atoms with Gasteiger partial charge in [-0.2, -0.15) is 4.98 Å². The van der Waals surface area contributed by atoms with Crippen LogP contribution in [0.1, 0.15) is 17.5 Å². The molecule has 0 atom stereocenters. The third-order valence-corrected chi connectivity index (χ3v) is 7.03. The maximum Gasteiger partial charge on any atom is 0.229 e. The topological polar surface area (TPSA) is 86.9 Å². The zero-order valence-electron chi connectivity index (χ0n) is 20.7. The van der Waals surface area contributed by atoms with Crippen molar-refractivity contribution in [3.8, 4) is 11.5 Å². The maximum atomic E-state index is 5.89. The largest absolute Gasteiger partial charge is 0.457 e. The number of nitrogens with one attached hydrogen (secondary N) is 4. The summed E-state index contributed by atoms with van der Waals surface area (Å²) in [6.45, 7) is 2.53. The lowest BCUT2D eigenvalue weighted by molar-refractivity contribution is 0.482. The smallest absolute Gasteiger partial charge is 0.229 e. The summed E-state index contributed by atoms with van der Waals surface area (Å²) in [4.78, 5) is 12.6. The number of anilines is 3. The Kier molecular flexibility index (Phi) is 7.06. The van der Waals surface area contributed by atoms with E-state index in [2.05, 4.69) is 66.3 Å². The zero-order chi connectivity index (χ0) is 25.7. The van der Waals surface area contributed by atoms with Gasteiger partial charge in [-0.25, -0.2) is 4.98 Å². The van der Waals surface area contributed by atoms with Gasteiger partial charge in [0.25, 0.3) is 0 Å². The van der Waals surface area contributed by atoms with E-state index in [9.17, 15) is 0 Å². The number of para-hydroxylation sites is 1. The van der Waals surface area contributed by atoms with Crippen molar-refractivity contribution in [2.24, 2.45) is 0 Å². The minimum absolute atomic E-state index is 0.528. The predicted octanol–water partition coefficient (Wildman–Crippen LogP) is 7.25. The van der Waals surface area contributed by atoms with E-state index >= 15 is 0 Å². The second-order valence-corrected chi connectivity index (χ2v) is 9.93. The highest BCUT2D eigenvalue weighted by atomic mass is 79.9. The number of ether oxygens (including phenoxy) is 1. The third kappa shape index (κ3) is 5.56. The molecule has 8 heteroatoms. The monoisotopic (exact) mass is 566 g/mol. The van der Waals surface area contributed by atoms with Gasteiger partial charge in [-0.3, -0.25) is 0 Å². The van der Waals surface area contributed by atoms with Crippen LogP contribution in [0.2, 0.25) is 0 Å². The van der Waals surface area contributed by atoms with Crippen molar-refractivity contribution in [2.75, 3.05) is 23.7 Å². The van der Waals surface area contributed by atoms with E-state index in [-0.39, 0.29) is 0 Å². The van der Waals surface area contributed by atoms with Crippen molar-refractivity contribution >= 4 is 49.9 Å². The van der Waals surface area contributed by atoms with Crippen molar-refractivity contribution in [1.29, 1.82) is 0 Å². The van der Waals surface area contributed by atoms with Gasteiger partial charge in [0.1, 0.15) is 17.3 Å². The van der Waals surface area contributed by atoms with Gasteiger partial charge in [-0.1, -0.05) is 36.4 Å². The maximum absolute atomic E-state index is 5.89. The SMILES string of the molecule is Brc1cnc(Nc2ccc3[nH]cc(C4=CCNCC4)c3c2)nc1NCc1ccc(Oc2ccccc2)cc1. The minimum Gasteiger partial charge on any atom is -0.457 e. The van der Waals surface area contributed by atoms with E-state index in [0.717, 1.165) is 58.1 Å². The molecule has 0 amide bonds. The Morgan fingerprint density at radius 1 is 0.974 bits per heavy atom. The standard InChI is InChI=1S/C30H27BrN6O/c31-27-19-35-30(36-22-8-11-28-25(16-22)26(18-33-28)21-12-14-32-15-13-21)37-29(27)34-17-20-6-9-24(10-7-20)38-23-4-2-1-3-5-23/h1-12,16,18-19,32-33H,13-15,17H2,(H2,34,35,36,37). The molecule has 0 bridgehead atoms. The molecular formula is C30H27BrN6O. The molecule has 0 spiro atoms. The van der Waals surface area contributed by atoms with Crippen molar-refractivity contribution in [1.82, 2.24) is 20.3 Å². The van der Waals surface area contributed by atoms with Crippen LogP contribution in [-0.4, -0.2) is 28.0 Å². The zero-order valence-corrected chi connectivity index (χ0v) is 22.3. The normalized spacial score (nSPS) is 13.2. The number of aromatic amines is 1. The van der Waals surface area contributed by atoms with Crippen LogP contribution in [0.3, 0.4) is 0 Å². The average molecular weight is 567 g/mol. The second kappa shape index (κ2) is 11.1. The Morgan fingerprint density at radius 2 is 1.82 bits per heavy atom. The molecule has 190 valence electrons. The van der Waals surface area contributed by atoms with E-state index in [1.807, 2.05) is 60.7 Å². The molecule has 1 aliphatic heterocycles. The molecule has 0 fully saturated rings. The highest BCUT2D eigenvalue weighted by Crippen LogP contribution is 2.31. The molecule has 0 aliphatic carbocycles. The molecule has 0 radical (unpaired) electrons. The fourth-order valence-electron chi connectivity index (χ4n) is 4.50. The van der Waals surface area contributed by atoms with Gasteiger partial charge in [0, 0.05) is 47.6 Å². The molecule has 6 rings (SSSR count). The molecular weight excluding hydrogens is 540 g/mol. The van der Waals surface area contributed by atoms with E-state index in [0.29, 0.717) is 12.5 Å². The minimum atomic E-state index is 0.528. The molecule has 0 saturated carbocycles. The number of fused-ring (bicyclic) bond motifs is 1. The van der Waals surface area contributed by atoms with Crippen molar-refractivity contribution in [2.45, 2.75) is 13.0 Å². The van der Waals surface area contributed by atoms with Gasteiger partial charge in [-0.05, 0) is 82.5 Å². The third-order valence-electron chi connectivity index (χ3n) is 6.45. The van der Waals surface area contributed by atoms with Crippen LogP contribution in [0.4, 0.5) is 17.5 Å². The second-order valence-electron chi connectivity index (χ2n) is 9.07. The number of H-pyrrole nitrogens is 1. The summed E-state index contributed by atoms with van der Waals surface area (Å²) in [5.41, 5.74) is 5.80. The molecule has 3 heterocycles. The fraction of sp³-hybridized carbons (Fsp3) is 0.133. The fourth-order valence-corrected chi connectivity index (χ4v) is 4.83. The van der Waals surface area contributed by atoms with E-state index in [4.69, 9.17) is 9.72 Å². The number of hydrogen-bond acceptors (Lipinski definition) is 6. The molecule has 3 aromatic carbocycles. The number of halogens is 1. The lowest BCUT2D eigenvalue weighted by Crippen LogP contribution is -2.19. The highest BCUT2D eigenvalue weighted by Gasteiger charge is 2.12. The molecule has 4 N–H and O–H groups in total. The first-order valence-corrected chi connectivity index (χ1v) is 13.4. The molecule has 7 nitrogen and oxygen atoms in total. The number of aromatic nitrogens is 3. The summed E-state index contributed by atoms with van der Waals surface area (Å²) in [6.07, 6.45) is 7.16. The number of nitrogens with zero attached hydrogens (tertiary/aromatic N) is 2. The van der Waals surface area contributed by atoms with Crippen molar-refractivity contribution < 1.29 is 4.74 Å². The summed E-state index contributed by atoms with van der Waals surface area (Å²) < 4.78 is 6.69.